The van der Waals surface area contributed by atoms with Crippen LogP contribution < -0.4 is 10.2 Å². The maximum atomic E-state index is 12.8. The Kier molecular flexibility index (Phi) is 10.9. The number of aliphatic imine (C=N–C) groups is 2. The second-order valence-corrected chi connectivity index (χ2v) is 14.1. The Bertz CT molecular complexity index is 1090. The van der Waals surface area contributed by atoms with Gasteiger partial charge in [0, 0.05) is 34.3 Å². The molecule has 0 radical (unpaired) electrons. The first-order valence-electron chi connectivity index (χ1n) is 13.0. The fraction of sp³-hybridized carbons (Fsp3) is 0.667. The van der Waals surface area contributed by atoms with E-state index in [9.17, 15) is 20.1 Å². The molecule has 0 aromatic heterocycles. The molecule has 3 aliphatic rings. The minimum Gasteiger partial charge on any atom is -0.872 e. The van der Waals surface area contributed by atoms with Crippen LogP contribution in [0.25, 0.3) is 0 Å². The first-order valence-corrected chi connectivity index (χ1v) is 16.0. The number of carbonyl (C=O) groups excluding carboxylic acids is 1. The number of rotatable bonds is 10. The van der Waals surface area contributed by atoms with Gasteiger partial charge in [0.05, 0.1) is 33.6 Å². The molecule has 4 rings (SSSR count). The summed E-state index contributed by atoms with van der Waals surface area (Å²) in [4.78, 5) is 23.3. The monoisotopic (exact) mass is 627 g/mol. The van der Waals surface area contributed by atoms with Crippen LogP contribution in [0, 0.1) is 5.41 Å². The van der Waals surface area contributed by atoms with Gasteiger partial charge in [0.1, 0.15) is 5.54 Å². The Hall–Kier alpha value is -0.577. The molecule has 1 N–H and O–H groups in total. The summed E-state index contributed by atoms with van der Waals surface area (Å²) >= 11 is 4.84. The normalized spacial score (nSPS) is 28.6. The third-order valence-electron chi connectivity index (χ3n) is 7.67. The Labute approximate surface area is 251 Å². The van der Waals surface area contributed by atoms with Crippen molar-refractivity contribution < 1.29 is 39.6 Å². The van der Waals surface area contributed by atoms with Crippen molar-refractivity contribution in [1.29, 1.82) is 0 Å². The van der Waals surface area contributed by atoms with Gasteiger partial charge in [-0.1, -0.05) is 57.6 Å². The van der Waals surface area contributed by atoms with Crippen LogP contribution in [0.2, 0.25) is 0 Å². The molecule has 1 aromatic carbocycles. The summed E-state index contributed by atoms with van der Waals surface area (Å²) in [6.45, 7) is 7.62. The molecule has 5 atom stereocenters. The second kappa shape index (κ2) is 12.9. The Morgan fingerprint density at radius 2 is 2.03 bits per heavy atom. The van der Waals surface area contributed by atoms with Crippen LogP contribution in [0.15, 0.2) is 28.2 Å². The molecule has 0 saturated carbocycles. The molecule has 11 heteroatoms. The fourth-order valence-corrected chi connectivity index (χ4v) is 9.36. The number of thioether (sulfide) groups is 3. The first-order chi connectivity index (χ1) is 17.5. The van der Waals surface area contributed by atoms with Crippen LogP contribution in [0.1, 0.15) is 58.1 Å². The number of nitrogens with zero attached hydrogens (tertiary/aromatic N) is 3. The van der Waals surface area contributed by atoms with Gasteiger partial charge in [0.2, 0.25) is 0 Å². The average molecular weight is 629 g/mol. The average Bonchev–Trinajstić information content (AvgIpc) is 3.58. The third-order valence-corrected chi connectivity index (χ3v) is 11.9. The third kappa shape index (κ3) is 6.33. The molecular formula is C27H37N3O4S3Zn. The summed E-state index contributed by atoms with van der Waals surface area (Å²) in [5.41, 5.74) is -0.0922. The molecular weight excluding hydrogens is 592 g/mol. The zero-order valence-corrected chi connectivity index (χ0v) is 28.4. The fourth-order valence-electron chi connectivity index (χ4n) is 5.12. The topological polar surface area (TPSA) is 111 Å². The van der Waals surface area contributed by atoms with Gasteiger partial charge in [-0.25, -0.2) is 0 Å². The van der Waals surface area contributed by atoms with Crippen molar-refractivity contribution in [2.24, 2.45) is 15.4 Å². The van der Waals surface area contributed by atoms with Crippen LogP contribution in [0.4, 0.5) is 0 Å². The quantitative estimate of drug-likeness (QED) is 0.311. The number of carboxylic acids is 1. The van der Waals surface area contributed by atoms with Crippen molar-refractivity contribution in [3.8, 4) is 5.75 Å². The standard InChI is InChI=1S/C27H39N3O4S3.Zn/c1-6-7-8-10-16-11-9-12-19(31)20(16)22-28-17(13-35-22)23-30(5)18(14-36-23)21(32)26(2,3)24-29-27(4,15-37-24)25(33)34;/h9,11-12,17-18,21,23,31-32H,6-8,10,13-15H2,1-5H3,(H,33,34);/q;+2/p-2/t17-,18+,21+,23-,27-;/m1./s1. The van der Waals surface area contributed by atoms with E-state index in [1.807, 2.05) is 27.0 Å². The smallest absolute Gasteiger partial charge is 0.872 e. The molecule has 0 amide bonds. The SMILES string of the molecule is CCCCCc1cccc([O-])c1C1=N[C@@H]([C@H]2SC[C@@H]([C@H](O)C(C)(C)C3=N[C@@](C)(C(=O)[O-])CS3)N2C)CS1.[Zn+2]. The number of aliphatic carboxylic acids is 1. The van der Waals surface area contributed by atoms with Gasteiger partial charge < -0.3 is 20.1 Å². The van der Waals surface area contributed by atoms with Crippen LogP contribution in [0.5, 0.6) is 5.75 Å². The van der Waals surface area contributed by atoms with Gasteiger partial charge in [0.15, 0.2) is 0 Å². The van der Waals surface area contributed by atoms with Crippen molar-refractivity contribution in [3.05, 3.63) is 29.3 Å². The van der Waals surface area contributed by atoms with Crippen molar-refractivity contribution in [2.45, 2.75) is 82.5 Å². The zero-order valence-electron chi connectivity index (χ0n) is 22.9. The number of aliphatic hydroxyl groups excluding tert-OH is 1. The molecule has 0 bridgehead atoms. The van der Waals surface area contributed by atoms with Gasteiger partial charge in [-0.3, -0.25) is 14.9 Å². The van der Waals surface area contributed by atoms with E-state index in [1.165, 1.54) is 11.8 Å². The van der Waals surface area contributed by atoms with Crippen molar-refractivity contribution in [3.63, 3.8) is 0 Å². The Morgan fingerprint density at radius 1 is 1.29 bits per heavy atom. The number of likely N-dealkylation sites (N-methyl/N-ethyl adjacent to an activating group) is 1. The predicted octanol–water partition coefficient (Wildman–Crippen LogP) is 2.77. The van der Waals surface area contributed by atoms with Crippen LogP contribution in [-0.4, -0.2) is 79.5 Å². The summed E-state index contributed by atoms with van der Waals surface area (Å²) in [7, 11) is 2.03. The molecule has 1 saturated heterocycles. The molecule has 38 heavy (non-hydrogen) atoms. The van der Waals surface area contributed by atoms with Crippen molar-refractivity contribution >= 4 is 51.3 Å². The number of hydrogen-bond donors (Lipinski definition) is 1. The molecule has 1 fully saturated rings. The van der Waals surface area contributed by atoms with E-state index in [2.05, 4.69) is 22.9 Å². The Balaban J connectivity index is 0.00000400. The van der Waals surface area contributed by atoms with Gasteiger partial charge in [0.25, 0.3) is 0 Å². The molecule has 0 spiro atoms. The molecule has 0 unspecified atom stereocenters. The number of carbonyl (C=O) groups is 1. The maximum absolute atomic E-state index is 12.8. The van der Waals surface area contributed by atoms with Gasteiger partial charge >= 0.3 is 19.5 Å². The van der Waals surface area contributed by atoms with Crippen LogP contribution >= 0.6 is 35.3 Å². The van der Waals surface area contributed by atoms with Crippen LogP contribution in [0.3, 0.4) is 0 Å². The number of hydrogen-bond acceptors (Lipinski definition) is 10. The molecule has 0 aliphatic carbocycles. The summed E-state index contributed by atoms with van der Waals surface area (Å²) in [6.07, 6.45) is 3.52. The van der Waals surface area contributed by atoms with Crippen molar-refractivity contribution in [1.82, 2.24) is 4.90 Å². The molecule has 1 aromatic rings. The summed E-state index contributed by atoms with van der Waals surface area (Å²) in [6, 6.07) is 5.45. The van der Waals surface area contributed by atoms with E-state index in [-0.39, 0.29) is 42.7 Å². The first kappa shape index (κ1) is 31.9. The number of aryl methyl sites for hydroxylation is 1. The van der Waals surface area contributed by atoms with E-state index < -0.39 is 23.0 Å². The maximum Gasteiger partial charge on any atom is 2.00 e. The number of benzene rings is 1. The molecule has 204 valence electrons. The van der Waals surface area contributed by atoms with E-state index in [4.69, 9.17) is 4.99 Å². The van der Waals surface area contributed by atoms with Crippen molar-refractivity contribution in [2.75, 3.05) is 24.3 Å². The summed E-state index contributed by atoms with van der Waals surface area (Å²) in [5, 5.41) is 37.5. The minimum atomic E-state index is -1.25. The predicted molar refractivity (Wildman–Crippen MR) is 153 cm³/mol. The number of carboxylic acid groups (broad SMARTS) is 1. The van der Waals surface area contributed by atoms with E-state index >= 15 is 0 Å². The minimum absolute atomic E-state index is 0. The molecule has 3 heterocycles. The Morgan fingerprint density at radius 3 is 2.68 bits per heavy atom. The summed E-state index contributed by atoms with van der Waals surface area (Å²) in [5.74, 6) is 0.723. The van der Waals surface area contributed by atoms with Gasteiger partial charge in [-0.2, -0.15) is 0 Å². The van der Waals surface area contributed by atoms with E-state index in [1.54, 1.807) is 36.5 Å². The summed E-state index contributed by atoms with van der Waals surface area (Å²) < 4.78 is 0. The van der Waals surface area contributed by atoms with Gasteiger partial charge in [-0.15, -0.1) is 35.3 Å². The number of aliphatic hydroxyl groups is 1. The van der Waals surface area contributed by atoms with Gasteiger partial charge in [-0.05, 0) is 32.4 Å². The number of unbranched alkanes of at least 4 members (excludes halogenated alkanes) is 2. The molecule has 7 nitrogen and oxygen atoms in total. The second-order valence-electron chi connectivity index (χ2n) is 11.0. The van der Waals surface area contributed by atoms with Crippen LogP contribution in [-0.2, 0) is 30.7 Å². The van der Waals surface area contributed by atoms with E-state index in [0.717, 1.165) is 53.4 Å². The van der Waals surface area contributed by atoms with E-state index in [0.29, 0.717) is 10.8 Å². The zero-order chi connectivity index (χ0) is 27.0. The molecule has 3 aliphatic heterocycles. The largest absolute Gasteiger partial charge is 2.00 e.